The summed E-state index contributed by atoms with van der Waals surface area (Å²) in [5.41, 5.74) is 10.2. The Balaban J connectivity index is 1.64. The topological polar surface area (TPSA) is 38.9 Å². The number of pyridine rings is 1. The second kappa shape index (κ2) is 5.17. The maximum Gasteiger partial charge on any atom is 0.0702 e. The molecule has 3 heteroatoms. The third-order valence-electron chi connectivity index (χ3n) is 4.08. The zero-order valence-electron chi connectivity index (χ0n) is 11.6. The summed E-state index contributed by atoms with van der Waals surface area (Å²) < 4.78 is 0. The zero-order chi connectivity index (χ0) is 14.2. The molecule has 0 fully saturated rings. The van der Waals surface area contributed by atoms with E-state index in [-0.39, 0.29) is 6.04 Å². The molecule has 0 spiro atoms. The van der Waals surface area contributed by atoms with Gasteiger partial charge in [0.05, 0.1) is 5.52 Å². The van der Waals surface area contributed by atoms with Gasteiger partial charge in [0.25, 0.3) is 0 Å². The molecule has 1 aliphatic rings. The molecule has 1 aromatic heterocycles. The molecule has 21 heavy (non-hydrogen) atoms. The molecule has 0 bridgehead atoms. The Bertz CT molecular complexity index is 775. The van der Waals surface area contributed by atoms with E-state index in [0.29, 0.717) is 5.25 Å². The predicted molar refractivity (Wildman–Crippen MR) is 88.5 cm³/mol. The average Bonchev–Trinajstić information content (AvgIpc) is 2.97. The van der Waals surface area contributed by atoms with Gasteiger partial charge in [-0.25, -0.2) is 0 Å². The summed E-state index contributed by atoms with van der Waals surface area (Å²) in [5, 5.41) is 1.57. The molecule has 104 valence electrons. The van der Waals surface area contributed by atoms with E-state index in [1.54, 1.807) is 0 Å². The van der Waals surface area contributed by atoms with Crippen molar-refractivity contribution in [3.8, 4) is 0 Å². The first-order valence-corrected chi connectivity index (χ1v) is 8.04. The van der Waals surface area contributed by atoms with Gasteiger partial charge in [-0.3, -0.25) is 4.98 Å². The molecule has 2 N–H and O–H groups in total. The third-order valence-corrected chi connectivity index (χ3v) is 5.50. The number of hydrogen-bond acceptors (Lipinski definition) is 3. The van der Waals surface area contributed by atoms with Crippen molar-refractivity contribution in [2.75, 3.05) is 0 Å². The van der Waals surface area contributed by atoms with Gasteiger partial charge in [-0.15, -0.1) is 11.8 Å². The molecule has 1 aliphatic heterocycles. The van der Waals surface area contributed by atoms with Crippen LogP contribution in [-0.2, 0) is 6.42 Å². The van der Waals surface area contributed by atoms with Crippen LogP contribution in [0.3, 0.4) is 0 Å². The van der Waals surface area contributed by atoms with Crippen LogP contribution in [0.15, 0.2) is 65.7 Å². The van der Waals surface area contributed by atoms with Crippen LogP contribution in [0.5, 0.6) is 0 Å². The van der Waals surface area contributed by atoms with Crippen LogP contribution in [-0.4, -0.2) is 10.2 Å². The minimum absolute atomic E-state index is 0.0482. The number of nitrogens with zero attached hydrogens (tertiary/aromatic N) is 1. The molecule has 4 rings (SSSR count). The molecular weight excluding hydrogens is 276 g/mol. The van der Waals surface area contributed by atoms with Crippen molar-refractivity contribution in [3.05, 3.63) is 71.9 Å². The Labute approximate surface area is 128 Å². The highest BCUT2D eigenvalue weighted by Crippen LogP contribution is 2.41. The summed E-state index contributed by atoms with van der Waals surface area (Å²) in [4.78, 5) is 5.74. The molecule has 0 saturated carbocycles. The molecule has 3 aromatic rings. The van der Waals surface area contributed by atoms with E-state index in [4.69, 9.17) is 5.73 Å². The summed E-state index contributed by atoms with van der Waals surface area (Å²) in [7, 11) is 0. The molecule has 2 atom stereocenters. The van der Waals surface area contributed by atoms with Crippen molar-refractivity contribution >= 4 is 22.7 Å². The first-order chi connectivity index (χ1) is 10.3. The quantitative estimate of drug-likeness (QED) is 0.777. The number of benzene rings is 2. The zero-order valence-corrected chi connectivity index (χ0v) is 12.4. The van der Waals surface area contributed by atoms with Crippen molar-refractivity contribution in [2.24, 2.45) is 5.73 Å². The van der Waals surface area contributed by atoms with Crippen LogP contribution in [0.1, 0.15) is 17.2 Å². The number of nitrogens with two attached hydrogens (primary N) is 1. The van der Waals surface area contributed by atoms with E-state index in [1.807, 2.05) is 24.0 Å². The number of fused-ring (bicyclic) bond motifs is 2. The summed E-state index contributed by atoms with van der Waals surface area (Å²) in [6.45, 7) is 0. The second-order valence-electron chi connectivity index (χ2n) is 5.45. The third kappa shape index (κ3) is 2.33. The van der Waals surface area contributed by atoms with E-state index in [1.165, 1.54) is 16.0 Å². The lowest BCUT2D eigenvalue weighted by Gasteiger charge is -2.19. The van der Waals surface area contributed by atoms with Crippen LogP contribution < -0.4 is 5.73 Å². The average molecular weight is 292 g/mol. The lowest BCUT2D eigenvalue weighted by molar-refractivity contribution is 0.679. The SMILES string of the molecule is NC(c1ccc2ncccc2c1)C1Cc2ccccc2S1. The lowest BCUT2D eigenvalue weighted by atomic mass is 9.98. The first kappa shape index (κ1) is 12.9. The fourth-order valence-corrected chi connectivity index (χ4v) is 4.28. The molecule has 0 saturated heterocycles. The highest BCUT2D eigenvalue weighted by atomic mass is 32.2. The molecule has 2 unspecified atom stereocenters. The molecule has 2 aromatic carbocycles. The number of rotatable bonds is 2. The molecule has 2 heterocycles. The predicted octanol–water partition coefficient (Wildman–Crippen LogP) is 3.95. The van der Waals surface area contributed by atoms with Crippen molar-refractivity contribution in [1.82, 2.24) is 4.98 Å². The fraction of sp³-hybridized carbons (Fsp3) is 0.167. The molecular formula is C18H16N2S. The largest absolute Gasteiger partial charge is 0.323 e. The van der Waals surface area contributed by atoms with Crippen LogP contribution >= 0.6 is 11.8 Å². The lowest BCUT2D eigenvalue weighted by Crippen LogP contribution is -2.23. The van der Waals surface area contributed by atoms with Crippen molar-refractivity contribution in [1.29, 1.82) is 0 Å². The van der Waals surface area contributed by atoms with E-state index in [9.17, 15) is 0 Å². The second-order valence-corrected chi connectivity index (χ2v) is 6.73. The smallest absolute Gasteiger partial charge is 0.0702 e. The summed E-state index contributed by atoms with van der Waals surface area (Å²) >= 11 is 1.90. The van der Waals surface area contributed by atoms with Crippen LogP contribution in [0, 0.1) is 0 Å². The monoisotopic (exact) mass is 292 g/mol. The van der Waals surface area contributed by atoms with Gasteiger partial charge in [0, 0.05) is 27.8 Å². The Morgan fingerprint density at radius 3 is 2.90 bits per heavy atom. The number of hydrogen-bond donors (Lipinski definition) is 1. The number of aromatic nitrogens is 1. The van der Waals surface area contributed by atoms with Crippen molar-refractivity contribution in [2.45, 2.75) is 22.6 Å². The summed E-state index contributed by atoms with van der Waals surface area (Å²) in [6, 6.07) is 19.1. The van der Waals surface area contributed by atoms with Crippen LogP contribution in [0.4, 0.5) is 0 Å². The summed E-state index contributed by atoms with van der Waals surface area (Å²) in [5.74, 6) is 0. The van der Waals surface area contributed by atoms with Crippen LogP contribution in [0.2, 0.25) is 0 Å². The molecule has 0 aliphatic carbocycles. The van der Waals surface area contributed by atoms with E-state index < -0.39 is 0 Å². The Hall–Kier alpha value is -1.84. The molecule has 2 nitrogen and oxygen atoms in total. The fourth-order valence-electron chi connectivity index (χ4n) is 2.93. The first-order valence-electron chi connectivity index (χ1n) is 7.16. The highest BCUT2D eigenvalue weighted by Gasteiger charge is 2.28. The van der Waals surface area contributed by atoms with Crippen molar-refractivity contribution < 1.29 is 0 Å². The van der Waals surface area contributed by atoms with Gasteiger partial charge in [0.15, 0.2) is 0 Å². The van der Waals surface area contributed by atoms with Gasteiger partial charge in [-0.05, 0) is 41.8 Å². The van der Waals surface area contributed by atoms with Crippen LogP contribution in [0.25, 0.3) is 10.9 Å². The maximum absolute atomic E-state index is 6.53. The Morgan fingerprint density at radius 2 is 2.00 bits per heavy atom. The standard InChI is InChI=1S/C18H16N2S/c19-18(17-11-13-4-1-2-6-16(13)21-17)14-7-8-15-12(10-14)5-3-9-20-15/h1-10,17-18H,11,19H2. The highest BCUT2D eigenvalue weighted by molar-refractivity contribution is 8.00. The van der Waals surface area contributed by atoms with E-state index >= 15 is 0 Å². The normalized spacial score (nSPS) is 18.6. The number of thioether (sulfide) groups is 1. The van der Waals surface area contributed by atoms with Gasteiger partial charge in [0.1, 0.15) is 0 Å². The van der Waals surface area contributed by atoms with Gasteiger partial charge in [-0.2, -0.15) is 0 Å². The minimum Gasteiger partial charge on any atom is -0.323 e. The minimum atomic E-state index is 0.0482. The van der Waals surface area contributed by atoms with E-state index in [2.05, 4.69) is 53.5 Å². The Morgan fingerprint density at radius 1 is 1.10 bits per heavy atom. The molecule has 0 radical (unpaired) electrons. The maximum atomic E-state index is 6.53. The Kier molecular flexibility index (Phi) is 3.17. The van der Waals surface area contributed by atoms with Gasteiger partial charge in [-0.1, -0.05) is 30.3 Å². The van der Waals surface area contributed by atoms with Crippen molar-refractivity contribution in [3.63, 3.8) is 0 Å². The van der Waals surface area contributed by atoms with Gasteiger partial charge < -0.3 is 5.73 Å². The van der Waals surface area contributed by atoms with Gasteiger partial charge >= 0.3 is 0 Å². The van der Waals surface area contributed by atoms with E-state index in [0.717, 1.165) is 17.3 Å². The van der Waals surface area contributed by atoms with Gasteiger partial charge in [0.2, 0.25) is 0 Å². The molecule has 0 amide bonds. The summed E-state index contributed by atoms with van der Waals surface area (Å²) in [6.07, 6.45) is 2.87.